The maximum Gasteiger partial charge on any atom is 0.239 e. The molecule has 0 saturated carbocycles. The van der Waals surface area contributed by atoms with Crippen molar-refractivity contribution in [2.24, 2.45) is 5.73 Å². The highest BCUT2D eigenvalue weighted by atomic mass is 16.5. The van der Waals surface area contributed by atoms with E-state index >= 15 is 0 Å². The van der Waals surface area contributed by atoms with Gasteiger partial charge in [0.05, 0.1) is 0 Å². The lowest BCUT2D eigenvalue weighted by Crippen LogP contribution is -2.35. The molecule has 0 fully saturated rings. The number of nitrogens with two attached hydrogens (primary N) is 1. The van der Waals surface area contributed by atoms with Crippen LogP contribution in [-0.4, -0.2) is 19.1 Å². The van der Waals surface area contributed by atoms with E-state index in [9.17, 15) is 4.79 Å². The third kappa shape index (κ3) is 4.61. The van der Waals surface area contributed by atoms with Gasteiger partial charge in [0.2, 0.25) is 5.91 Å². The number of benzene rings is 2. The average Bonchev–Trinajstić information content (AvgIpc) is 2.49. The summed E-state index contributed by atoms with van der Waals surface area (Å²) in [4.78, 5) is 11.5. The highest BCUT2D eigenvalue weighted by molar-refractivity contribution is 5.81. The van der Waals surface area contributed by atoms with Crippen LogP contribution in [0, 0.1) is 6.92 Å². The van der Waals surface area contributed by atoms with Crippen LogP contribution in [0.15, 0.2) is 54.6 Å². The normalized spacial score (nSPS) is 11.9. The first-order valence-electron chi connectivity index (χ1n) is 6.94. The predicted molar refractivity (Wildman–Crippen MR) is 83.1 cm³/mol. The molecule has 1 unspecified atom stereocenters. The van der Waals surface area contributed by atoms with Crippen molar-refractivity contribution in [3.8, 4) is 5.75 Å². The summed E-state index contributed by atoms with van der Waals surface area (Å²) in [6.07, 6.45) is 0. The van der Waals surface area contributed by atoms with Crippen molar-refractivity contribution < 1.29 is 9.53 Å². The first-order valence-corrected chi connectivity index (χ1v) is 6.94. The fraction of sp³-hybridized carbons (Fsp3) is 0.235. The summed E-state index contributed by atoms with van der Waals surface area (Å²) >= 11 is 0. The van der Waals surface area contributed by atoms with Crippen LogP contribution in [0.3, 0.4) is 0 Å². The minimum absolute atomic E-state index is 0.392. The molecule has 0 radical (unpaired) electrons. The van der Waals surface area contributed by atoms with E-state index in [0.29, 0.717) is 13.2 Å². The van der Waals surface area contributed by atoms with Crippen molar-refractivity contribution in [3.05, 3.63) is 65.7 Å². The number of carbonyl (C=O) groups is 1. The molecule has 2 aromatic rings. The second kappa shape index (κ2) is 7.45. The molecule has 0 aliphatic heterocycles. The lowest BCUT2D eigenvalue weighted by molar-refractivity contribution is -0.120. The predicted octanol–water partition coefficient (Wildman–Crippen LogP) is 2.19. The molecule has 21 heavy (non-hydrogen) atoms. The Balaban J connectivity index is 1.83. The van der Waals surface area contributed by atoms with Crippen LogP contribution in [0.1, 0.15) is 17.2 Å². The third-order valence-electron chi connectivity index (χ3n) is 3.16. The molecule has 0 bridgehead atoms. The largest absolute Gasteiger partial charge is 0.492 e. The van der Waals surface area contributed by atoms with Gasteiger partial charge in [-0.3, -0.25) is 10.1 Å². The molecule has 0 spiro atoms. The highest BCUT2D eigenvalue weighted by Crippen LogP contribution is 2.13. The topological polar surface area (TPSA) is 64.3 Å². The van der Waals surface area contributed by atoms with Crippen LogP contribution in [0.4, 0.5) is 0 Å². The van der Waals surface area contributed by atoms with E-state index in [0.717, 1.165) is 11.3 Å². The van der Waals surface area contributed by atoms with Gasteiger partial charge in [-0.25, -0.2) is 0 Å². The van der Waals surface area contributed by atoms with Crippen LogP contribution < -0.4 is 15.8 Å². The number of aryl methyl sites for hydroxylation is 1. The van der Waals surface area contributed by atoms with Gasteiger partial charge >= 0.3 is 0 Å². The molecular weight excluding hydrogens is 264 g/mol. The van der Waals surface area contributed by atoms with Crippen LogP contribution in [0.25, 0.3) is 0 Å². The summed E-state index contributed by atoms with van der Waals surface area (Å²) in [6.45, 7) is 3.04. The second-order valence-corrected chi connectivity index (χ2v) is 4.86. The first kappa shape index (κ1) is 15.1. The molecule has 0 saturated heterocycles. The van der Waals surface area contributed by atoms with Crippen LogP contribution in [0.2, 0.25) is 0 Å². The Morgan fingerprint density at radius 3 is 2.43 bits per heavy atom. The molecule has 2 aromatic carbocycles. The Bertz CT molecular complexity index is 567. The van der Waals surface area contributed by atoms with Crippen LogP contribution >= 0.6 is 0 Å². The second-order valence-electron chi connectivity index (χ2n) is 4.86. The van der Waals surface area contributed by atoms with Gasteiger partial charge in [0, 0.05) is 6.54 Å². The lowest BCUT2D eigenvalue weighted by Gasteiger charge is -2.16. The zero-order valence-corrected chi connectivity index (χ0v) is 12.1. The van der Waals surface area contributed by atoms with Crippen molar-refractivity contribution in [2.45, 2.75) is 13.0 Å². The standard InChI is InChI=1S/C17H20N2O2/c1-13-7-9-15(10-8-13)21-12-11-19-16(17(18)20)14-5-3-2-4-6-14/h2-10,16,19H,11-12H2,1H3,(H2,18,20). The summed E-state index contributed by atoms with van der Waals surface area (Å²) in [6, 6.07) is 16.8. The minimum atomic E-state index is -0.493. The number of amides is 1. The molecule has 3 N–H and O–H groups in total. The Kier molecular flexibility index (Phi) is 5.35. The summed E-state index contributed by atoms with van der Waals surface area (Å²) < 4.78 is 5.61. The van der Waals surface area contributed by atoms with E-state index in [2.05, 4.69) is 5.32 Å². The first-order chi connectivity index (χ1) is 10.2. The summed E-state index contributed by atoms with van der Waals surface area (Å²) in [5.74, 6) is 0.425. The van der Waals surface area contributed by atoms with Crippen molar-refractivity contribution in [3.63, 3.8) is 0 Å². The van der Waals surface area contributed by atoms with E-state index in [1.807, 2.05) is 61.5 Å². The molecule has 2 rings (SSSR count). The monoisotopic (exact) mass is 284 g/mol. The average molecular weight is 284 g/mol. The van der Waals surface area contributed by atoms with Crippen molar-refractivity contribution in [1.29, 1.82) is 0 Å². The maximum absolute atomic E-state index is 11.5. The quantitative estimate of drug-likeness (QED) is 0.766. The van der Waals surface area contributed by atoms with Gasteiger partial charge in [-0.1, -0.05) is 48.0 Å². The summed E-state index contributed by atoms with van der Waals surface area (Å²) in [5.41, 5.74) is 7.49. The van der Waals surface area contributed by atoms with Crippen molar-refractivity contribution in [2.75, 3.05) is 13.2 Å². The zero-order chi connectivity index (χ0) is 15.1. The molecule has 1 amide bonds. The number of nitrogens with one attached hydrogen (secondary N) is 1. The van der Waals surface area contributed by atoms with Gasteiger partial charge in [0.25, 0.3) is 0 Å². The number of hydrogen-bond donors (Lipinski definition) is 2. The number of ether oxygens (including phenoxy) is 1. The van der Waals surface area contributed by atoms with E-state index in [1.165, 1.54) is 5.56 Å². The fourth-order valence-corrected chi connectivity index (χ4v) is 2.03. The van der Waals surface area contributed by atoms with Gasteiger partial charge in [-0.05, 0) is 24.6 Å². The summed E-state index contributed by atoms with van der Waals surface area (Å²) in [5, 5.41) is 3.12. The van der Waals surface area contributed by atoms with Crippen LogP contribution in [0.5, 0.6) is 5.75 Å². The Morgan fingerprint density at radius 1 is 1.14 bits per heavy atom. The maximum atomic E-state index is 11.5. The minimum Gasteiger partial charge on any atom is -0.492 e. The van der Waals surface area contributed by atoms with E-state index in [-0.39, 0.29) is 0 Å². The van der Waals surface area contributed by atoms with Gasteiger partial charge < -0.3 is 10.5 Å². The molecule has 4 nitrogen and oxygen atoms in total. The molecule has 110 valence electrons. The van der Waals surface area contributed by atoms with Gasteiger partial charge in [0.15, 0.2) is 0 Å². The smallest absolute Gasteiger partial charge is 0.239 e. The Labute approximate surface area is 124 Å². The highest BCUT2D eigenvalue weighted by Gasteiger charge is 2.16. The molecule has 4 heteroatoms. The molecule has 1 atom stereocenters. The van der Waals surface area contributed by atoms with Gasteiger partial charge in [-0.2, -0.15) is 0 Å². The van der Waals surface area contributed by atoms with Gasteiger partial charge in [-0.15, -0.1) is 0 Å². The number of rotatable bonds is 7. The lowest BCUT2D eigenvalue weighted by atomic mass is 10.1. The SMILES string of the molecule is Cc1ccc(OCCNC(C(N)=O)c2ccccc2)cc1. The summed E-state index contributed by atoms with van der Waals surface area (Å²) in [7, 11) is 0. The third-order valence-corrected chi connectivity index (χ3v) is 3.16. The molecule has 0 aliphatic rings. The van der Waals surface area contributed by atoms with Crippen LogP contribution in [-0.2, 0) is 4.79 Å². The van der Waals surface area contributed by atoms with Crippen molar-refractivity contribution >= 4 is 5.91 Å². The number of carbonyl (C=O) groups excluding carboxylic acids is 1. The molecule has 0 aromatic heterocycles. The van der Waals surface area contributed by atoms with Crippen molar-refractivity contribution in [1.82, 2.24) is 5.32 Å². The van der Waals surface area contributed by atoms with E-state index in [4.69, 9.17) is 10.5 Å². The van der Waals surface area contributed by atoms with Gasteiger partial charge in [0.1, 0.15) is 18.4 Å². The number of hydrogen-bond acceptors (Lipinski definition) is 3. The Morgan fingerprint density at radius 2 is 1.81 bits per heavy atom. The molecule has 0 heterocycles. The van der Waals surface area contributed by atoms with E-state index < -0.39 is 11.9 Å². The fourth-order valence-electron chi connectivity index (χ4n) is 2.03. The zero-order valence-electron chi connectivity index (χ0n) is 12.1. The Hall–Kier alpha value is -2.33. The molecular formula is C17H20N2O2. The van der Waals surface area contributed by atoms with E-state index in [1.54, 1.807) is 0 Å². The molecule has 0 aliphatic carbocycles. The number of primary amides is 1.